The fourth-order valence-electron chi connectivity index (χ4n) is 15.3. The first-order valence-corrected chi connectivity index (χ1v) is 58.8. The van der Waals surface area contributed by atoms with E-state index in [1.165, 1.54) is 320 Å². The van der Waals surface area contributed by atoms with Crippen LogP contribution >= 0.6 is 23.5 Å². The molecule has 0 spiro atoms. The fourth-order valence-corrected chi connectivity index (χ4v) is 21.9. The second kappa shape index (κ2) is 91.9. The Morgan fingerprint density at radius 1 is 0.272 bits per heavy atom. The van der Waals surface area contributed by atoms with Gasteiger partial charge < -0.3 is 47.8 Å². The fraction of sp³-hybridized carbons (Fsp3) is 0.980. The van der Waals surface area contributed by atoms with Crippen molar-refractivity contribution in [1.82, 2.24) is 9.80 Å². The Labute approximate surface area is 723 Å². The van der Waals surface area contributed by atoms with Crippen molar-refractivity contribution in [1.29, 1.82) is 0 Å². The third-order valence-corrected chi connectivity index (χ3v) is 30.5. The first-order valence-electron chi connectivity index (χ1n) is 50.5. The second-order valence-corrected chi connectivity index (χ2v) is 46.7. The van der Waals surface area contributed by atoms with Crippen molar-refractivity contribution in [2.75, 3.05) is 90.4 Å². The molecule has 0 aromatic carbocycles. The lowest BCUT2D eigenvalue weighted by molar-refractivity contribution is -0.144. The molecule has 684 valence electrons. The van der Waals surface area contributed by atoms with Crippen molar-refractivity contribution in [2.45, 2.75) is 528 Å². The van der Waals surface area contributed by atoms with Gasteiger partial charge in [0.25, 0.3) is 0 Å². The number of hydrogen-bond acceptors (Lipinski definition) is 14. The van der Waals surface area contributed by atoms with Crippen molar-refractivity contribution in [3.63, 3.8) is 0 Å². The molecule has 0 aromatic rings. The molecular formula is C98H202N2O10S2Si2. The van der Waals surface area contributed by atoms with Gasteiger partial charge >= 0.3 is 11.9 Å². The Morgan fingerprint density at radius 2 is 0.500 bits per heavy atom. The van der Waals surface area contributed by atoms with Crippen LogP contribution in [0, 0.1) is 0 Å². The summed E-state index contributed by atoms with van der Waals surface area (Å²) < 4.78 is 38.1. The van der Waals surface area contributed by atoms with E-state index in [1.54, 1.807) is 0 Å². The number of aliphatic hydroxyl groups is 2. The van der Waals surface area contributed by atoms with Gasteiger partial charge in [-0.15, -0.1) is 23.5 Å². The molecule has 0 radical (unpaired) electrons. The van der Waals surface area contributed by atoms with E-state index in [0.717, 1.165) is 167 Å². The van der Waals surface area contributed by atoms with Crippen LogP contribution in [-0.2, 0) is 37.4 Å². The lowest BCUT2D eigenvalue weighted by atomic mass is 10.1. The molecule has 0 fully saturated rings. The lowest BCUT2D eigenvalue weighted by Crippen LogP contribution is -2.37. The molecule has 0 bridgehead atoms. The summed E-state index contributed by atoms with van der Waals surface area (Å²) in [5, 5.41) is 18.8. The number of rotatable bonds is 94. The van der Waals surface area contributed by atoms with Gasteiger partial charge in [0.1, 0.15) is 23.1 Å². The maximum atomic E-state index is 13.0. The third kappa shape index (κ3) is 84.0. The smallest absolute Gasteiger partial charge is 0.319 e. The summed E-state index contributed by atoms with van der Waals surface area (Å²) in [5.41, 5.74) is 0. The van der Waals surface area contributed by atoms with Crippen LogP contribution in [0.4, 0.5) is 0 Å². The minimum Gasteiger partial charge on any atom is -0.465 e. The molecule has 4 atom stereocenters. The second-order valence-electron chi connectivity index (χ2n) is 35.6. The van der Waals surface area contributed by atoms with E-state index >= 15 is 0 Å². The average molecular weight is 1690 g/mol. The van der Waals surface area contributed by atoms with Crippen LogP contribution in [0.1, 0.15) is 466 Å². The Kier molecular flexibility index (Phi) is 93.4. The summed E-state index contributed by atoms with van der Waals surface area (Å²) in [7, 11) is -3.46. The Bertz CT molecular complexity index is 1770. The summed E-state index contributed by atoms with van der Waals surface area (Å²) in [6.45, 7) is 37.8. The van der Waals surface area contributed by atoms with E-state index in [2.05, 4.69) is 91.4 Å². The van der Waals surface area contributed by atoms with Crippen LogP contribution in [0.3, 0.4) is 0 Å². The summed E-state index contributed by atoms with van der Waals surface area (Å²) in [5.74, 6) is 2.20. The van der Waals surface area contributed by atoms with Gasteiger partial charge in [-0.25, -0.2) is 0 Å². The van der Waals surface area contributed by atoms with E-state index < -0.39 is 16.6 Å². The molecule has 0 aliphatic heterocycles. The molecule has 114 heavy (non-hydrogen) atoms. The molecule has 0 aliphatic carbocycles. The van der Waals surface area contributed by atoms with Gasteiger partial charge in [0.2, 0.25) is 0 Å². The summed E-state index contributed by atoms with van der Waals surface area (Å²) in [6.07, 6.45) is 77.9. The van der Waals surface area contributed by atoms with Crippen molar-refractivity contribution < 1.29 is 47.6 Å². The van der Waals surface area contributed by atoms with Crippen molar-refractivity contribution in [2.24, 2.45) is 0 Å². The first kappa shape index (κ1) is 116. The maximum Gasteiger partial charge on any atom is 0.319 e. The molecule has 0 heterocycles. The van der Waals surface area contributed by atoms with Gasteiger partial charge in [0.15, 0.2) is 16.6 Å². The first-order chi connectivity index (χ1) is 55.7. The van der Waals surface area contributed by atoms with Gasteiger partial charge in [0.05, 0.1) is 13.2 Å². The quantitative estimate of drug-likeness (QED) is 0.0259. The zero-order chi connectivity index (χ0) is 83.8. The Balaban J connectivity index is 0. The number of carbonyl (C=O) groups excluding carboxylic acids is 2. The van der Waals surface area contributed by atoms with Crippen LogP contribution in [-0.4, -0.2) is 162 Å². The summed E-state index contributed by atoms with van der Waals surface area (Å²) in [4.78, 5) is 31.2. The van der Waals surface area contributed by atoms with Crippen LogP contribution in [0.5, 0.6) is 0 Å². The maximum absolute atomic E-state index is 13.0. The third-order valence-electron chi connectivity index (χ3n) is 22.9. The largest absolute Gasteiger partial charge is 0.465 e. The minimum atomic E-state index is -1.73. The van der Waals surface area contributed by atoms with E-state index in [9.17, 15) is 19.8 Å². The average Bonchev–Trinajstić information content (AvgIpc) is 0.901. The number of thioether (sulfide) groups is 2. The molecule has 0 aromatic heterocycles. The number of ether oxygens (including phenoxy) is 4. The van der Waals surface area contributed by atoms with Crippen LogP contribution in [0.15, 0.2) is 0 Å². The van der Waals surface area contributed by atoms with Crippen molar-refractivity contribution in [3.05, 3.63) is 0 Å². The number of unbranched alkanes of at least 4 members (excludes halogenated alkanes) is 46. The number of aliphatic hydroxyl groups excluding tert-OH is 2. The van der Waals surface area contributed by atoms with Gasteiger partial charge in [-0.05, 0) is 217 Å². The summed E-state index contributed by atoms with van der Waals surface area (Å²) >= 11 is 3.68. The van der Waals surface area contributed by atoms with E-state index in [0.29, 0.717) is 13.2 Å². The van der Waals surface area contributed by atoms with Gasteiger partial charge in [0, 0.05) is 26.4 Å². The highest BCUT2D eigenvalue weighted by atomic mass is 32.2. The number of hydrogen-bond donors (Lipinski definition) is 2. The number of esters is 2. The molecular weight excluding hydrogens is 1490 g/mol. The van der Waals surface area contributed by atoms with Gasteiger partial charge in [-0.1, -0.05) is 338 Å². The Morgan fingerprint density at radius 3 is 0.789 bits per heavy atom. The molecule has 0 rings (SSSR count). The zero-order valence-electron chi connectivity index (χ0n) is 78.7. The topological polar surface area (TPSA) is 136 Å². The van der Waals surface area contributed by atoms with Gasteiger partial charge in [-0.2, -0.15) is 0 Å². The Hall–Kier alpha value is -0.246. The van der Waals surface area contributed by atoms with E-state index in [1.807, 2.05) is 23.5 Å². The van der Waals surface area contributed by atoms with E-state index in [-0.39, 0.29) is 48.2 Å². The lowest BCUT2D eigenvalue weighted by Gasteiger charge is -2.30. The standard InChI is InChI=1S/2C49H101NO5SSi/c2*1-7-11-15-18-21-27-37-47(56-45-35-14-10-4)49(52)54-44-34-25-23-30-40-50(41-31-32-42-51)39-29-22-24-33-43-53-48(38-28-20-17-13-9-3)55-57(5,6)46-36-26-19-16-12-8-2/h2*47-48,51H,7-46H2,1-6H3. The molecule has 0 amide bonds. The minimum absolute atomic E-state index is 0.0162. The molecule has 4 unspecified atom stereocenters. The molecule has 16 heteroatoms. The SMILES string of the molecule is CCCCCCCCC(SCCCCC)C(=O)OCCCCCCN(CCCCO)CCCCCCOC(CCCCCCC)O[Si](C)(C)CCCCCCCC.CCCCCCCCC(SCCCCC)C(=O)OCCCCCCN(CCCCO)CCCCCCOC(CCCCCCC)O[Si](C)(C)CCCCCCCC. The van der Waals surface area contributed by atoms with Gasteiger partial charge in [-0.3, -0.25) is 9.59 Å². The predicted molar refractivity (Wildman–Crippen MR) is 509 cm³/mol. The highest BCUT2D eigenvalue weighted by molar-refractivity contribution is 8.00. The number of carbonyl (C=O) groups is 2. The van der Waals surface area contributed by atoms with Crippen LogP contribution in [0.2, 0.25) is 38.3 Å². The van der Waals surface area contributed by atoms with E-state index in [4.69, 9.17) is 27.8 Å². The summed E-state index contributed by atoms with van der Waals surface area (Å²) in [6, 6.07) is 2.49. The van der Waals surface area contributed by atoms with Crippen molar-refractivity contribution >= 4 is 52.1 Å². The highest BCUT2D eigenvalue weighted by Gasteiger charge is 2.29. The number of nitrogens with zero attached hydrogens (tertiary/aromatic N) is 2. The molecule has 0 saturated carbocycles. The van der Waals surface area contributed by atoms with Crippen molar-refractivity contribution in [3.8, 4) is 0 Å². The zero-order valence-corrected chi connectivity index (χ0v) is 82.4. The predicted octanol–water partition coefficient (Wildman–Crippen LogP) is 30.1. The van der Waals surface area contributed by atoms with Crippen LogP contribution < -0.4 is 0 Å². The highest BCUT2D eigenvalue weighted by Crippen LogP contribution is 2.28. The molecule has 12 nitrogen and oxygen atoms in total. The van der Waals surface area contributed by atoms with Crippen LogP contribution in [0.25, 0.3) is 0 Å². The normalized spacial score (nSPS) is 13.1. The molecule has 0 saturated heterocycles. The monoisotopic (exact) mass is 1690 g/mol. The molecule has 0 aliphatic rings. The molecule has 2 N–H and O–H groups in total.